The van der Waals surface area contributed by atoms with E-state index in [4.69, 9.17) is 0 Å². The van der Waals surface area contributed by atoms with E-state index >= 15 is 0 Å². The van der Waals surface area contributed by atoms with E-state index in [0.717, 1.165) is 64.1 Å². The summed E-state index contributed by atoms with van der Waals surface area (Å²) in [5, 5.41) is 0. The molecule has 3 aliphatic rings. The summed E-state index contributed by atoms with van der Waals surface area (Å²) < 4.78 is 40.7. The van der Waals surface area contributed by atoms with E-state index in [1.54, 1.807) is 30.1 Å². The van der Waals surface area contributed by atoms with Gasteiger partial charge in [0.25, 0.3) is 12.3 Å². The maximum Gasteiger partial charge on any atom is 0.263 e. The molecule has 0 aromatic heterocycles. The van der Waals surface area contributed by atoms with Crippen LogP contribution in [-0.2, 0) is 4.79 Å². The Bertz CT molecular complexity index is 1210. The van der Waals surface area contributed by atoms with E-state index in [2.05, 4.69) is 30.6 Å². The third kappa shape index (κ3) is 6.71. The van der Waals surface area contributed by atoms with E-state index in [9.17, 15) is 22.8 Å². The minimum atomic E-state index is -2.67. The summed E-state index contributed by atoms with van der Waals surface area (Å²) in [6.45, 7) is 5.88. The molecule has 2 atom stereocenters. The number of benzene rings is 2. The predicted octanol–water partition coefficient (Wildman–Crippen LogP) is 5.15. The lowest BCUT2D eigenvalue weighted by atomic mass is 9.93. The van der Waals surface area contributed by atoms with Gasteiger partial charge in [-0.05, 0) is 61.7 Å². The lowest BCUT2D eigenvalue weighted by Gasteiger charge is -2.51. The van der Waals surface area contributed by atoms with Gasteiger partial charge in [0.05, 0.1) is 0 Å². The lowest BCUT2D eigenvalue weighted by Crippen LogP contribution is -2.66. The smallest absolute Gasteiger partial charge is 0.263 e. The molecule has 3 heterocycles. The monoisotopic (exact) mass is 620 g/mol. The molecule has 3 aliphatic heterocycles. The van der Waals surface area contributed by atoms with E-state index in [1.165, 1.54) is 24.3 Å². The lowest BCUT2D eigenvalue weighted by molar-refractivity contribution is -0.141. The van der Waals surface area contributed by atoms with Crippen LogP contribution in [0.1, 0.15) is 59.5 Å². The molecule has 0 saturated carbocycles. The van der Waals surface area contributed by atoms with Crippen molar-refractivity contribution in [3.8, 4) is 0 Å². The zero-order valence-corrected chi connectivity index (χ0v) is 24.3. The number of piperazine rings is 1. The zero-order valence-electron chi connectivity index (χ0n) is 22.7. The molecule has 10 heteroatoms. The fourth-order valence-electron chi connectivity index (χ4n) is 6.31. The zero-order chi connectivity index (χ0) is 28.4. The van der Waals surface area contributed by atoms with Crippen LogP contribution < -0.4 is 0 Å². The molecule has 5 rings (SSSR count). The van der Waals surface area contributed by atoms with Gasteiger partial charge in [-0.15, -0.1) is 0 Å². The van der Waals surface area contributed by atoms with Gasteiger partial charge in [0.15, 0.2) is 0 Å². The van der Waals surface area contributed by atoms with Crippen molar-refractivity contribution < 1.29 is 22.8 Å². The van der Waals surface area contributed by atoms with Crippen molar-refractivity contribution >= 4 is 27.7 Å². The number of fused-ring (bicyclic) bond motifs is 1. The number of hydrogen-bond donors (Lipinski definition) is 0. The van der Waals surface area contributed by atoms with Gasteiger partial charge in [0.2, 0.25) is 5.91 Å². The van der Waals surface area contributed by atoms with Crippen molar-refractivity contribution in [3.63, 3.8) is 0 Å². The molecule has 3 saturated heterocycles. The van der Waals surface area contributed by atoms with Crippen LogP contribution >= 0.6 is 15.9 Å². The Hall–Kier alpha value is -2.43. The van der Waals surface area contributed by atoms with Crippen molar-refractivity contribution in [1.29, 1.82) is 0 Å². The second-order valence-corrected chi connectivity index (χ2v) is 12.3. The van der Waals surface area contributed by atoms with Crippen molar-refractivity contribution in [2.45, 2.75) is 50.1 Å². The van der Waals surface area contributed by atoms with Crippen LogP contribution in [0.25, 0.3) is 0 Å². The molecule has 2 amide bonds. The minimum absolute atomic E-state index is 0.0351. The van der Waals surface area contributed by atoms with Crippen LogP contribution in [0, 0.1) is 5.82 Å². The fraction of sp³-hybridized carbons (Fsp3) is 0.533. The topological polar surface area (TPSA) is 47.1 Å². The molecule has 6 nitrogen and oxygen atoms in total. The third-order valence-corrected chi connectivity index (χ3v) is 9.07. The molecule has 0 unspecified atom stereocenters. The van der Waals surface area contributed by atoms with Gasteiger partial charge in [0, 0.05) is 86.3 Å². The number of rotatable bonds is 9. The highest BCUT2D eigenvalue weighted by Crippen LogP contribution is 2.29. The number of halogens is 4. The molecule has 2 aromatic carbocycles. The number of hydrogen-bond acceptors (Lipinski definition) is 4. The van der Waals surface area contributed by atoms with Crippen molar-refractivity contribution in [2.75, 3.05) is 52.9 Å². The number of piperidine rings is 1. The van der Waals surface area contributed by atoms with E-state index < -0.39 is 6.43 Å². The summed E-state index contributed by atoms with van der Waals surface area (Å²) in [6, 6.07) is 11.3. The summed E-state index contributed by atoms with van der Waals surface area (Å²) in [5.74, 6) is -0.381. The molecule has 3 fully saturated rings. The second-order valence-electron chi connectivity index (χ2n) is 11.3. The first-order valence-electron chi connectivity index (χ1n) is 14.0. The molecule has 0 spiro atoms. The summed E-state index contributed by atoms with van der Waals surface area (Å²) in [4.78, 5) is 34.0. The van der Waals surface area contributed by atoms with E-state index in [0.29, 0.717) is 35.4 Å². The van der Waals surface area contributed by atoms with E-state index in [1.807, 2.05) is 0 Å². The predicted molar refractivity (Wildman–Crippen MR) is 151 cm³/mol. The Morgan fingerprint density at radius 3 is 2.52 bits per heavy atom. The van der Waals surface area contributed by atoms with Crippen LogP contribution in [0.2, 0.25) is 0 Å². The number of carbonyl (C=O) groups excluding carboxylic acids is 2. The van der Waals surface area contributed by atoms with Gasteiger partial charge in [-0.2, -0.15) is 0 Å². The Labute approximate surface area is 242 Å². The first kappa shape index (κ1) is 29.1. The number of amides is 2. The average Bonchev–Trinajstić information content (AvgIpc) is 2.91. The molecule has 216 valence electrons. The number of carbonyl (C=O) groups is 2. The highest BCUT2D eigenvalue weighted by atomic mass is 79.9. The SMILES string of the molecule is CN(C[C@@H](CCN1CC(N2CCN3C(=O)CCC[C@@H]3C2)C1)c1ccc(F)cc1)C(=O)c1cc(Br)cc(C(F)F)c1. The fourth-order valence-corrected chi connectivity index (χ4v) is 6.82. The number of likely N-dealkylation sites (tertiary alicyclic amines) is 1. The largest absolute Gasteiger partial charge is 0.341 e. The number of likely N-dealkylation sites (N-methyl/N-ethyl adjacent to an activating group) is 1. The van der Waals surface area contributed by atoms with E-state index in [-0.39, 0.29) is 28.8 Å². The summed E-state index contributed by atoms with van der Waals surface area (Å²) >= 11 is 3.24. The summed E-state index contributed by atoms with van der Waals surface area (Å²) in [5.41, 5.74) is 0.944. The van der Waals surface area contributed by atoms with Gasteiger partial charge in [-0.25, -0.2) is 13.2 Å². The molecule has 0 radical (unpaired) electrons. The third-order valence-electron chi connectivity index (χ3n) is 8.61. The van der Waals surface area contributed by atoms with Crippen LogP contribution in [0.15, 0.2) is 46.9 Å². The summed E-state index contributed by atoms with van der Waals surface area (Å²) in [7, 11) is 1.68. The second kappa shape index (κ2) is 12.6. The number of nitrogens with zero attached hydrogens (tertiary/aromatic N) is 4. The Morgan fingerprint density at radius 2 is 1.80 bits per heavy atom. The molecule has 0 bridgehead atoms. The van der Waals surface area contributed by atoms with Gasteiger partial charge in [-0.1, -0.05) is 28.1 Å². The summed E-state index contributed by atoms with van der Waals surface area (Å²) in [6.07, 6.45) is 0.871. The van der Waals surface area contributed by atoms with Gasteiger partial charge in [0.1, 0.15) is 5.82 Å². The molecule has 0 N–H and O–H groups in total. The molecule has 0 aliphatic carbocycles. The van der Waals surface area contributed by atoms with Gasteiger partial charge >= 0.3 is 0 Å². The van der Waals surface area contributed by atoms with Crippen molar-refractivity contribution in [1.82, 2.24) is 19.6 Å². The molecule has 40 heavy (non-hydrogen) atoms. The van der Waals surface area contributed by atoms with Crippen LogP contribution in [0.3, 0.4) is 0 Å². The average molecular weight is 622 g/mol. The quantitative estimate of drug-likeness (QED) is 0.389. The molecular formula is C30H36BrF3N4O2. The Morgan fingerprint density at radius 1 is 1.05 bits per heavy atom. The maximum atomic E-state index is 13.7. The molecular weight excluding hydrogens is 585 g/mol. The maximum absolute atomic E-state index is 13.7. The van der Waals surface area contributed by atoms with Crippen LogP contribution in [0.5, 0.6) is 0 Å². The van der Waals surface area contributed by atoms with Gasteiger partial charge in [-0.3, -0.25) is 14.5 Å². The Kier molecular flexibility index (Phi) is 9.17. The molecule has 2 aromatic rings. The van der Waals surface area contributed by atoms with Crippen molar-refractivity contribution in [2.24, 2.45) is 0 Å². The standard InChI is InChI=1S/C30H36BrF3N4O2/c1-35(30(40)23-13-22(29(33)34)14-24(31)15-23)16-21(20-5-7-25(32)8-6-20)9-10-36-17-27(18-36)37-11-12-38-26(19-37)3-2-4-28(38)39/h5-8,13-15,21,26-27,29H,2-4,9-12,16-19H2,1H3/t21-,26-/m1/s1. The van der Waals surface area contributed by atoms with Crippen LogP contribution in [-0.4, -0.2) is 96.4 Å². The van der Waals surface area contributed by atoms with Crippen LogP contribution in [0.4, 0.5) is 13.2 Å². The van der Waals surface area contributed by atoms with Gasteiger partial charge < -0.3 is 14.7 Å². The highest BCUT2D eigenvalue weighted by molar-refractivity contribution is 9.10. The van der Waals surface area contributed by atoms with Crippen molar-refractivity contribution in [3.05, 3.63) is 69.4 Å². The first-order valence-corrected chi connectivity index (χ1v) is 14.8. The number of alkyl halides is 2. The first-order chi connectivity index (χ1) is 19.2. The minimum Gasteiger partial charge on any atom is -0.341 e. The highest BCUT2D eigenvalue weighted by Gasteiger charge is 2.39. The normalized spacial score (nSPS) is 21.3. The Balaban J connectivity index is 1.18.